The van der Waals surface area contributed by atoms with Crippen LogP contribution in [0.15, 0.2) is 18.2 Å². The highest BCUT2D eigenvalue weighted by Gasteiger charge is 2.27. The molecule has 2 heterocycles. The molecule has 3 nitrogen and oxygen atoms in total. The van der Waals surface area contributed by atoms with Crippen molar-refractivity contribution >= 4 is 44.8 Å². The van der Waals surface area contributed by atoms with E-state index in [9.17, 15) is 5.11 Å². The fraction of sp³-hybridized carbons (Fsp3) is 0.308. The molecule has 0 fully saturated rings. The Kier molecular flexibility index (Phi) is 3.43. The van der Waals surface area contributed by atoms with Crippen molar-refractivity contribution < 1.29 is 5.11 Å². The third-order valence-electron chi connectivity index (χ3n) is 3.38. The summed E-state index contributed by atoms with van der Waals surface area (Å²) in [6, 6.07) is 1.48. The van der Waals surface area contributed by atoms with Crippen molar-refractivity contribution in [3.05, 3.63) is 33.3 Å². The number of rotatable bonds is 1. The van der Waals surface area contributed by atoms with Gasteiger partial charge >= 0.3 is 0 Å². The highest BCUT2D eigenvalue weighted by molar-refractivity contribution is 7.20. The molecule has 2 aromatic rings. The summed E-state index contributed by atoms with van der Waals surface area (Å²) in [5.41, 5.74) is 6.72. The van der Waals surface area contributed by atoms with Crippen LogP contribution in [0.2, 0.25) is 10.2 Å². The second kappa shape index (κ2) is 4.94. The molecule has 3 N–H and O–H groups in total. The first-order valence-corrected chi connectivity index (χ1v) is 7.53. The number of aromatic hydroxyl groups is 1. The number of nitrogens with two attached hydrogens (primary N) is 1. The number of nitrogens with zero attached hydrogens (tertiary/aromatic N) is 1. The SMILES string of the molecule is N[C@H]1CC=CC[C@@H]1c1sc2c(O)cc(Cl)nc2c1Cl. The van der Waals surface area contributed by atoms with Gasteiger partial charge in [-0.15, -0.1) is 11.3 Å². The Morgan fingerprint density at radius 2 is 2.05 bits per heavy atom. The Balaban J connectivity index is 2.17. The molecule has 100 valence electrons. The van der Waals surface area contributed by atoms with Gasteiger partial charge in [0.2, 0.25) is 0 Å². The Morgan fingerprint density at radius 3 is 2.79 bits per heavy atom. The van der Waals surface area contributed by atoms with Crippen molar-refractivity contribution in [2.75, 3.05) is 0 Å². The summed E-state index contributed by atoms with van der Waals surface area (Å²) in [4.78, 5) is 5.19. The maximum absolute atomic E-state index is 9.94. The highest BCUT2D eigenvalue weighted by atomic mass is 35.5. The number of allylic oxidation sites excluding steroid dienone is 1. The second-order valence-corrected chi connectivity index (χ2v) is 6.45. The van der Waals surface area contributed by atoms with E-state index in [4.69, 9.17) is 28.9 Å². The minimum absolute atomic E-state index is 0.0492. The van der Waals surface area contributed by atoms with Crippen LogP contribution >= 0.6 is 34.5 Å². The topological polar surface area (TPSA) is 59.1 Å². The van der Waals surface area contributed by atoms with E-state index in [-0.39, 0.29) is 22.9 Å². The number of aromatic nitrogens is 1. The lowest BCUT2D eigenvalue weighted by Crippen LogP contribution is -2.29. The normalized spacial score (nSPS) is 23.1. The van der Waals surface area contributed by atoms with Crippen molar-refractivity contribution in [2.45, 2.75) is 24.8 Å². The van der Waals surface area contributed by atoms with Crippen LogP contribution < -0.4 is 5.73 Å². The predicted molar refractivity (Wildman–Crippen MR) is 80.4 cm³/mol. The maximum atomic E-state index is 9.94. The fourth-order valence-corrected chi connectivity index (χ4v) is 4.26. The van der Waals surface area contributed by atoms with Crippen LogP contribution in [0.3, 0.4) is 0 Å². The Labute approximate surface area is 124 Å². The van der Waals surface area contributed by atoms with Crippen LogP contribution in [-0.2, 0) is 0 Å². The average Bonchev–Trinajstić information content (AvgIpc) is 2.68. The van der Waals surface area contributed by atoms with E-state index in [0.29, 0.717) is 15.2 Å². The molecular weight excluding hydrogens is 303 g/mol. The molecule has 0 aromatic carbocycles. The summed E-state index contributed by atoms with van der Waals surface area (Å²) in [5.74, 6) is 0.294. The van der Waals surface area contributed by atoms with E-state index in [2.05, 4.69) is 17.1 Å². The van der Waals surface area contributed by atoms with E-state index in [1.807, 2.05) is 0 Å². The van der Waals surface area contributed by atoms with Gasteiger partial charge in [-0.1, -0.05) is 35.4 Å². The average molecular weight is 315 g/mol. The fourth-order valence-electron chi connectivity index (χ4n) is 2.39. The molecule has 1 aliphatic rings. The molecule has 0 radical (unpaired) electrons. The minimum Gasteiger partial charge on any atom is -0.506 e. The van der Waals surface area contributed by atoms with Crippen molar-refractivity contribution in [1.29, 1.82) is 0 Å². The number of pyridine rings is 1. The second-order valence-electron chi connectivity index (χ2n) is 4.64. The Bertz CT molecular complexity index is 668. The molecule has 1 aliphatic carbocycles. The molecule has 2 atom stereocenters. The van der Waals surface area contributed by atoms with Crippen molar-refractivity contribution in [2.24, 2.45) is 5.73 Å². The van der Waals surface area contributed by atoms with Crippen LogP contribution in [0.1, 0.15) is 23.6 Å². The van der Waals surface area contributed by atoms with E-state index >= 15 is 0 Å². The van der Waals surface area contributed by atoms with Gasteiger partial charge in [0.25, 0.3) is 0 Å². The van der Waals surface area contributed by atoms with E-state index in [1.54, 1.807) is 0 Å². The lowest BCUT2D eigenvalue weighted by Gasteiger charge is -2.24. The predicted octanol–water partition coefficient (Wildman–Crippen LogP) is 4.07. The van der Waals surface area contributed by atoms with E-state index < -0.39 is 0 Å². The molecule has 0 amide bonds. The number of hydrogen-bond donors (Lipinski definition) is 2. The Morgan fingerprint density at radius 1 is 1.32 bits per heavy atom. The van der Waals surface area contributed by atoms with Gasteiger partial charge in [0, 0.05) is 22.9 Å². The third kappa shape index (κ3) is 2.23. The van der Waals surface area contributed by atoms with E-state index in [1.165, 1.54) is 17.4 Å². The summed E-state index contributed by atoms with van der Waals surface area (Å²) in [5, 5.41) is 10.7. The smallest absolute Gasteiger partial charge is 0.138 e. The molecule has 0 aliphatic heterocycles. The zero-order chi connectivity index (χ0) is 13.6. The Hall–Kier alpha value is -0.810. The van der Waals surface area contributed by atoms with Crippen LogP contribution in [-0.4, -0.2) is 16.1 Å². The minimum atomic E-state index is 0.0492. The summed E-state index contributed by atoms with van der Waals surface area (Å²) in [7, 11) is 0. The first-order chi connectivity index (χ1) is 9.08. The van der Waals surface area contributed by atoms with Gasteiger partial charge in [0.15, 0.2) is 0 Å². The van der Waals surface area contributed by atoms with E-state index in [0.717, 1.165) is 17.7 Å². The van der Waals surface area contributed by atoms with Crippen molar-refractivity contribution in [3.8, 4) is 5.75 Å². The number of hydrogen-bond acceptors (Lipinski definition) is 4. The first-order valence-electron chi connectivity index (χ1n) is 5.96. The van der Waals surface area contributed by atoms with Gasteiger partial charge < -0.3 is 10.8 Å². The number of thiophene rings is 1. The maximum Gasteiger partial charge on any atom is 0.138 e. The lowest BCUT2D eigenvalue weighted by molar-refractivity contribution is 0.482. The molecule has 19 heavy (non-hydrogen) atoms. The van der Waals surface area contributed by atoms with Crippen LogP contribution in [0.25, 0.3) is 10.2 Å². The standard InChI is InChI=1S/C13H12Cl2N2OS/c14-9-5-8(18)13-11(17-9)10(15)12(19-13)6-3-1-2-4-7(6)16/h1-2,5-7H,3-4,16H2,(H,17,18)/t6-,7-/m0/s1. The molecule has 0 saturated heterocycles. The monoisotopic (exact) mass is 314 g/mol. The van der Waals surface area contributed by atoms with Crippen molar-refractivity contribution in [3.63, 3.8) is 0 Å². The third-order valence-corrected chi connectivity index (χ3v) is 5.40. The zero-order valence-corrected chi connectivity index (χ0v) is 12.3. The summed E-state index contributed by atoms with van der Waals surface area (Å²) >= 11 is 13.7. The van der Waals surface area contributed by atoms with Gasteiger partial charge in [-0.05, 0) is 12.8 Å². The van der Waals surface area contributed by atoms with Crippen LogP contribution in [0.4, 0.5) is 0 Å². The zero-order valence-electron chi connectivity index (χ0n) is 9.94. The van der Waals surface area contributed by atoms with Gasteiger partial charge in [-0.2, -0.15) is 0 Å². The molecule has 6 heteroatoms. The molecule has 0 saturated carbocycles. The molecule has 0 unspecified atom stereocenters. The van der Waals surface area contributed by atoms with Gasteiger partial charge in [-0.3, -0.25) is 0 Å². The largest absolute Gasteiger partial charge is 0.506 e. The molecule has 3 rings (SSSR count). The van der Waals surface area contributed by atoms with Gasteiger partial charge in [0.1, 0.15) is 16.4 Å². The highest BCUT2D eigenvalue weighted by Crippen LogP contribution is 2.45. The van der Waals surface area contributed by atoms with Gasteiger partial charge in [-0.25, -0.2) is 4.98 Å². The number of fused-ring (bicyclic) bond motifs is 1. The molecule has 2 aromatic heterocycles. The summed E-state index contributed by atoms with van der Waals surface area (Å²) in [6.45, 7) is 0. The quantitative estimate of drug-likeness (QED) is 0.616. The number of halogens is 2. The summed E-state index contributed by atoms with van der Waals surface area (Å²) < 4.78 is 0.672. The molecule has 0 spiro atoms. The van der Waals surface area contributed by atoms with Crippen LogP contribution in [0.5, 0.6) is 5.75 Å². The lowest BCUT2D eigenvalue weighted by atomic mass is 9.88. The molecular formula is C13H12Cl2N2OS. The first kappa shape index (κ1) is 13.2. The summed E-state index contributed by atoms with van der Waals surface area (Å²) in [6.07, 6.45) is 5.92. The molecule has 0 bridgehead atoms. The van der Waals surface area contributed by atoms with Crippen LogP contribution in [0, 0.1) is 0 Å². The van der Waals surface area contributed by atoms with Gasteiger partial charge in [0.05, 0.1) is 9.72 Å². The van der Waals surface area contributed by atoms with Crippen molar-refractivity contribution in [1.82, 2.24) is 4.98 Å².